The molecule has 0 radical (unpaired) electrons. The highest BCUT2D eigenvalue weighted by atomic mass is 16.5. The van der Waals surface area contributed by atoms with Crippen LogP contribution in [0.3, 0.4) is 0 Å². The molecule has 0 aromatic heterocycles. The van der Waals surface area contributed by atoms with Gasteiger partial charge in [-0.15, -0.1) is 0 Å². The van der Waals surface area contributed by atoms with Gasteiger partial charge in [-0.3, -0.25) is 4.79 Å². The number of carbonyl (C=O) groups excluding carboxylic acids is 1. The van der Waals surface area contributed by atoms with Crippen molar-refractivity contribution in [1.29, 1.82) is 0 Å². The van der Waals surface area contributed by atoms with Gasteiger partial charge in [0.2, 0.25) is 0 Å². The zero-order valence-corrected chi connectivity index (χ0v) is 12.5. The van der Waals surface area contributed by atoms with Crippen LogP contribution < -0.4 is 11.1 Å². The molecule has 0 aliphatic carbocycles. The zero-order valence-electron chi connectivity index (χ0n) is 12.5. The second-order valence-electron chi connectivity index (χ2n) is 6.51. The highest BCUT2D eigenvalue weighted by Crippen LogP contribution is 2.30. The molecule has 1 fully saturated rings. The predicted octanol–water partition coefficient (Wildman–Crippen LogP) is 1.79. The third-order valence-electron chi connectivity index (χ3n) is 3.86. The second-order valence-corrected chi connectivity index (χ2v) is 6.51. The first-order valence-corrected chi connectivity index (χ1v) is 7.09. The molecule has 2 unspecified atom stereocenters. The van der Waals surface area contributed by atoms with Crippen LogP contribution in [-0.2, 0) is 15.1 Å². The highest BCUT2D eigenvalue weighted by Gasteiger charge is 2.41. The summed E-state index contributed by atoms with van der Waals surface area (Å²) in [6, 6.07) is 9.97. The molecule has 1 aromatic carbocycles. The fourth-order valence-corrected chi connectivity index (χ4v) is 2.49. The van der Waals surface area contributed by atoms with Crippen LogP contribution in [0.15, 0.2) is 30.3 Å². The molecular weight excluding hydrogens is 252 g/mol. The fourth-order valence-electron chi connectivity index (χ4n) is 2.49. The maximum Gasteiger partial charge on any atom is 0.311 e. The smallest absolute Gasteiger partial charge is 0.311 e. The van der Waals surface area contributed by atoms with E-state index in [-0.39, 0.29) is 12.0 Å². The second kappa shape index (κ2) is 5.54. The normalized spacial score (nSPS) is 26.5. The van der Waals surface area contributed by atoms with E-state index in [4.69, 9.17) is 10.5 Å². The third kappa shape index (κ3) is 3.02. The Balaban J connectivity index is 2.07. The first-order valence-electron chi connectivity index (χ1n) is 7.09. The molecule has 0 saturated carbocycles. The van der Waals surface area contributed by atoms with E-state index in [0.717, 1.165) is 18.5 Å². The van der Waals surface area contributed by atoms with Crippen molar-refractivity contribution in [3.05, 3.63) is 35.9 Å². The largest absolute Gasteiger partial charge is 0.464 e. The highest BCUT2D eigenvalue weighted by molar-refractivity contribution is 5.75. The maximum absolute atomic E-state index is 11.9. The Hall–Kier alpha value is -1.39. The summed E-state index contributed by atoms with van der Waals surface area (Å²) in [4.78, 5) is 11.9. The monoisotopic (exact) mass is 276 g/mol. The molecule has 0 bridgehead atoms. The molecule has 0 amide bonds. The Morgan fingerprint density at radius 1 is 1.40 bits per heavy atom. The van der Waals surface area contributed by atoms with Gasteiger partial charge >= 0.3 is 5.97 Å². The molecular formula is C16H24N2O2. The Bertz CT molecular complexity index is 467. The number of benzene rings is 1. The SMILES string of the molecule is CC(C)(C)C(=O)OCC1NCCC1(N)c1ccccc1. The van der Waals surface area contributed by atoms with Crippen LogP contribution in [0.4, 0.5) is 0 Å². The van der Waals surface area contributed by atoms with Crippen molar-refractivity contribution < 1.29 is 9.53 Å². The minimum atomic E-state index is -0.484. The molecule has 1 aliphatic rings. The van der Waals surface area contributed by atoms with Crippen LogP contribution in [0, 0.1) is 5.41 Å². The lowest BCUT2D eigenvalue weighted by Gasteiger charge is -2.32. The van der Waals surface area contributed by atoms with Crippen molar-refractivity contribution >= 4 is 5.97 Å². The number of esters is 1. The minimum absolute atomic E-state index is 0.0452. The molecule has 20 heavy (non-hydrogen) atoms. The Morgan fingerprint density at radius 3 is 2.65 bits per heavy atom. The van der Waals surface area contributed by atoms with E-state index in [1.54, 1.807) is 0 Å². The summed E-state index contributed by atoms with van der Waals surface area (Å²) in [6.07, 6.45) is 0.842. The zero-order chi connectivity index (χ0) is 14.8. The summed E-state index contributed by atoms with van der Waals surface area (Å²) in [6.45, 7) is 6.70. The average Bonchev–Trinajstić information content (AvgIpc) is 2.78. The van der Waals surface area contributed by atoms with Gasteiger partial charge in [0.15, 0.2) is 0 Å². The lowest BCUT2D eigenvalue weighted by molar-refractivity contribution is -0.154. The van der Waals surface area contributed by atoms with E-state index in [9.17, 15) is 4.79 Å². The first kappa shape index (κ1) is 15.0. The summed E-state index contributed by atoms with van der Waals surface area (Å²) in [5.74, 6) is -0.193. The minimum Gasteiger partial charge on any atom is -0.464 e. The molecule has 1 aliphatic heterocycles. The Morgan fingerprint density at radius 2 is 2.05 bits per heavy atom. The number of nitrogens with two attached hydrogens (primary N) is 1. The van der Waals surface area contributed by atoms with Crippen molar-refractivity contribution in [1.82, 2.24) is 5.32 Å². The number of hydrogen-bond acceptors (Lipinski definition) is 4. The van der Waals surface area contributed by atoms with Crippen molar-refractivity contribution in [2.24, 2.45) is 11.1 Å². The molecule has 110 valence electrons. The molecule has 1 saturated heterocycles. The molecule has 4 nitrogen and oxygen atoms in total. The van der Waals surface area contributed by atoms with Gasteiger partial charge in [-0.1, -0.05) is 30.3 Å². The average molecular weight is 276 g/mol. The maximum atomic E-state index is 11.9. The van der Waals surface area contributed by atoms with E-state index in [1.807, 2.05) is 51.1 Å². The van der Waals surface area contributed by atoms with Gasteiger partial charge < -0.3 is 15.8 Å². The number of rotatable bonds is 3. The predicted molar refractivity (Wildman–Crippen MR) is 79.1 cm³/mol. The topological polar surface area (TPSA) is 64.3 Å². The van der Waals surface area contributed by atoms with Crippen molar-refractivity contribution in [2.75, 3.05) is 13.2 Å². The first-order chi connectivity index (χ1) is 9.34. The summed E-state index contributed by atoms with van der Waals surface area (Å²) in [7, 11) is 0. The molecule has 1 aromatic rings. The van der Waals surface area contributed by atoms with E-state index < -0.39 is 11.0 Å². The van der Waals surface area contributed by atoms with Gasteiger partial charge in [0.05, 0.1) is 17.0 Å². The number of hydrogen-bond donors (Lipinski definition) is 2. The molecule has 0 spiro atoms. The summed E-state index contributed by atoms with van der Waals surface area (Å²) < 4.78 is 5.43. The quantitative estimate of drug-likeness (QED) is 0.826. The Labute approximate surface area is 120 Å². The number of ether oxygens (including phenoxy) is 1. The molecule has 3 N–H and O–H groups in total. The third-order valence-corrected chi connectivity index (χ3v) is 3.86. The van der Waals surface area contributed by atoms with Gasteiger partial charge in [-0.25, -0.2) is 0 Å². The summed E-state index contributed by atoms with van der Waals surface area (Å²) >= 11 is 0. The van der Waals surface area contributed by atoms with E-state index in [0.29, 0.717) is 6.61 Å². The van der Waals surface area contributed by atoms with Gasteiger partial charge in [0.25, 0.3) is 0 Å². The van der Waals surface area contributed by atoms with E-state index in [2.05, 4.69) is 5.32 Å². The van der Waals surface area contributed by atoms with Gasteiger partial charge in [0, 0.05) is 0 Å². The number of carbonyl (C=O) groups is 1. The van der Waals surface area contributed by atoms with Crippen LogP contribution in [-0.4, -0.2) is 25.2 Å². The van der Waals surface area contributed by atoms with Crippen LogP contribution in [0.1, 0.15) is 32.8 Å². The van der Waals surface area contributed by atoms with E-state index >= 15 is 0 Å². The molecule has 2 atom stereocenters. The van der Waals surface area contributed by atoms with Gasteiger partial charge in [0.1, 0.15) is 6.61 Å². The van der Waals surface area contributed by atoms with Crippen molar-refractivity contribution in [3.63, 3.8) is 0 Å². The van der Waals surface area contributed by atoms with Crippen molar-refractivity contribution in [3.8, 4) is 0 Å². The van der Waals surface area contributed by atoms with Crippen LogP contribution >= 0.6 is 0 Å². The molecule has 2 rings (SSSR count). The number of nitrogens with one attached hydrogen (secondary N) is 1. The molecule has 4 heteroatoms. The van der Waals surface area contributed by atoms with E-state index in [1.165, 1.54) is 0 Å². The lowest BCUT2D eigenvalue weighted by atomic mass is 9.84. The summed E-state index contributed by atoms with van der Waals surface area (Å²) in [5, 5.41) is 3.35. The van der Waals surface area contributed by atoms with Crippen LogP contribution in [0.2, 0.25) is 0 Å². The Kier molecular flexibility index (Phi) is 4.16. The summed E-state index contributed by atoms with van der Waals surface area (Å²) in [5.41, 5.74) is 6.69. The fraction of sp³-hybridized carbons (Fsp3) is 0.562. The van der Waals surface area contributed by atoms with Crippen LogP contribution in [0.5, 0.6) is 0 Å². The lowest BCUT2D eigenvalue weighted by Crippen LogP contribution is -2.50. The van der Waals surface area contributed by atoms with Crippen LogP contribution in [0.25, 0.3) is 0 Å². The van der Waals surface area contributed by atoms with Crippen molar-refractivity contribution in [2.45, 2.75) is 38.8 Å². The standard InChI is InChI=1S/C16H24N2O2/c1-15(2,3)14(19)20-11-13-16(17,9-10-18-13)12-7-5-4-6-8-12/h4-8,13,18H,9-11,17H2,1-3H3. The van der Waals surface area contributed by atoms with Gasteiger partial charge in [-0.05, 0) is 39.3 Å². The molecule has 1 heterocycles. The van der Waals surface area contributed by atoms with Gasteiger partial charge in [-0.2, -0.15) is 0 Å².